The molecule has 0 fully saturated rings. The molecule has 8 heteroatoms. The quantitative estimate of drug-likeness (QED) is 0.491. The zero-order chi connectivity index (χ0) is 21.1. The summed E-state index contributed by atoms with van der Waals surface area (Å²) < 4.78 is 0. The molecule has 0 bridgehead atoms. The fraction of sp³-hybridized carbons (Fsp3) is 0.0909. The molecule has 0 atom stereocenters. The van der Waals surface area contributed by atoms with Crippen molar-refractivity contribution in [3.05, 3.63) is 78.1 Å². The van der Waals surface area contributed by atoms with Crippen LogP contribution in [0, 0.1) is 6.92 Å². The summed E-state index contributed by atoms with van der Waals surface area (Å²) in [5.41, 5.74) is 15.2. The number of aryl methyl sites for hydroxylation is 1. The van der Waals surface area contributed by atoms with E-state index in [-0.39, 0.29) is 23.6 Å². The van der Waals surface area contributed by atoms with Crippen molar-refractivity contribution in [2.45, 2.75) is 13.3 Å². The molecule has 3 heterocycles. The zero-order valence-corrected chi connectivity index (χ0v) is 16.3. The first kappa shape index (κ1) is 19.1. The van der Waals surface area contributed by atoms with Gasteiger partial charge in [0.2, 0.25) is 0 Å². The Kier molecular flexibility index (Phi) is 5.13. The van der Waals surface area contributed by atoms with Crippen molar-refractivity contribution in [3.63, 3.8) is 0 Å². The maximum atomic E-state index is 13.1. The lowest BCUT2D eigenvalue weighted by Crippen LogP contribution is -2.12. The summed E-state index contributed by atoms with van der Waals surface area (Å²) in [6, 6.07) is 12.9. The van der Waals surface area contributed by atoms with Gasteiger partial charge >= 0.3 is 0 Å². The lowest BCUT2D eigenvalue weighted by atomic mass is 10.0. The van der Waals surface area contributed by atoms with Crippen LogP contribution in [-0.4, -0.2) is 30.7 Å². The molecule has 0 aliphatic carbocycles. The molecule has 0 saturated carbocycles. The van der Waals surface area contributed by atoms with Crippen molar-refractivity contribution in [1.29, 1.82) is 0 Å². The van der Waals surface area contributed by atoms with Gasteiger partial charge in [0.05, 0.1) is 17.6 Å². The van der Waals surface area contributed by atoms with Crippen LogP contribution >= 0.6 is 0 Å². The van der Waals surface area contributed by atoms with E-state index in [0.29, 0.717) is 28.7 Å². The van der Waals surface area contributed by atoms with Crippen LogP contribution in [0.3, 0.4) is 0 Å². The van der Waals surface area contributed by atoms with Gasteiger partial charge in [-0.3, -0.25) is 9.78 Å². The zero-order valence-electron chi connectivity index (χ0n) is 16.3. The Hall–Kier alpha value is -4.20. The Bertz CT molecular complexity index is 1210. The fourth-order valence-electron chi connectivity index (χ4n) is 3.14. The van der Waals surface area contributed by atoms with Gasteiger partial charge in [-0.05, 0) is 18.6 Å². The van der Waals surface area contributed by atoms with E-state index in [2.05, 4.69) is 24.9 Å². The van der Waals surface area contributed by atoms with E-state index in [4.69, 9.17) is 11.5 Å². The van der Waals surface area contributed by atoms with Gasteiger partial charge in [0.25, 0.3) is 0 Å². The Balaban J connectivity index is 1.69. The Morgan fingerprint density at radius 1 is 1.00 bits per heavy atom. The summed E-state index contributed by atoms with van der Waals surface area (Å²) in [5, 5.41) is 0. The number of benzene rings is 1. The monoisotopic (exact) mass is 397 g/mol. The summed E-state index contributed by atoms with van der Waals surface area (Å²) in [6.07, 6.45) is 4.79. The highest BCUT2D eigenvalue weighted by atomic mass is 16.1. The first-order chi connectivity index (χ1) is 14.5. The normalized spacial score (nSPS) is 10.7. The van der Waals surface area contributed by atoms with Crippen LogP contribution in [0.15, 0.2) is 61.1 Å². The number of Topliss-reactive ketones (excluding diaryl/α,β-unsaturated/α-hetero) is 1. The molecule has 1 aromatic carbocycles. The summed E-state index contributed by atoms with van der Waals surface area (Å²) in [5.74, 6) is 1.12. The van der Waals surface area contributed by atoms with Crippen LogP contribution in [-0.2, 0) is 6.42 Å². The number of hydrogen-bond donors (Lipinski definition) is 2. The van der Waals surface area contributed by atoms with E-state index in [1.807, 2.05) is 30.3 Å². The number of hydrogen-bond acceptors (Lipinski definition) is 8. The van der Waals surface area contributed by atoms with Gasteiger partial charge in [0, 0.05) is 36.0 Å². The van der Waals surface area contributed by atoms with Crippen molar-refractivity contribution in [3.8, 4) is 22.6 Å². The predicted molar refractivity (Wildman–Crippen MR) is 114 cm³/mol. The van der Waals surface area contributed by atoms with E-state index < -0.39 is 0 Å². The Morgan fingerprint density at radius 3 is 2.57 bits per heavy atom. The molecule has 0 aliphatic rings. The van der Waals surface area contributed by atoms with E-state index in [0.717, 1.165) is 11.1 Å². The second-order valence-corrected chi connectivity index (χ2v) is 6.72. The number of carbonyl (C=O) groups is 1. The second kappa shape index (κ2) is 8.04. The first-order valence-electron chi connectivity index (χ1n) is 9.27. The van der Waals surface area contributed by atoms with Crippen LogP contribution in [0.4, 0.5) is 11.5 Å². The molecule has 8 nitrogen and oxygen atoms in total. The standard InChI is InChI=1S/C22H19N7O/c1-13-27-18(10-20(24)28-13)16-7-8-25-11-15(16)9-19(30)21-17(23)12-26-22(29-21)14-5-3-2-4-6-14/h2-8,10-12H,9,23H2,1H3,(H2,24,27,28). The third-order valence-corrected chi connectivity index (χ3v) is 4.50. The smallest absolute Gasteiger partial charge is 0.187 e. The van der Waals surface area contributed by atoms with Crippen LogP contribution in [0.2, 0.25) is 0 Å². The molecule has 0 spiro atoms. The number of anilines is 2. The number of ketones is 1. The summed E-state index contributed by atoms with van der Waals surface area (Å²) in [4.78, 5) is 34.4. The van der Waals surface area contributed by atoms with E-state index in [1.165, 1.54) is 6.20 Å². The minimum absolute atomic E-state index is 0.0571. The largest absolute Gasteiger partial charge is 0.396 e. The SMILES string of the molecule is Cc1nc(N)cc(-c2ccncc2CC(=O)c2nc(-c3ccccc3)ncc2N)n1. The van der Waals surface area contributed by atoms with Gasteiger partial charge in [-0.15, -0.1) is 0 Å². The highest BCUT2D eigenvalue weighted by Crippen LogP contribution is 2.25. The third kappa shape index (κ3) is 3.97. The number of rotatable bonds is 5. The van der Waals surface area contributed by atoms with Crippen molar-refractivity contribution in [2.75, 3.05) is 11.5 Å². The van der Waals surface area contributed by atoms with Crippen LogP contribution in [0.25, 0.3) is 22.6 Å². The van der Waals surface area contributed by atoms with E-state index in [1.54, 1.807) is 31.5 Å². The molecule has 4 rings (SSSR count). The van der Waals surface area contributed by atoms with Crippen LogP contribution < -0.4 is 11.5 Å². The lowest BCUT2D eigenvalue weighted by molar-refractivity contribution is 0.0989. The molecule has 0 aliphatic heterocycles. The van der Waals surface area contributed by atoms with Crippen molar-refractivity contribution in [1.82, 2.24) is 24.9 Å². The third-order valence-electron chi connectivity index (χ3n) is 4.50. The minimum atomic E-state index is -0.236. The maximum Gasteiger partial charge on any atom is 0.187 e. The Labute approximate surface area is 173 Å². The van der Waals surface area contributed by atoms with Crippen molar-refractivity contribution >= 4 is 17.3 Å². The van der Waals surface area contributed by atoms with Crippen molar-refractivity contribution in [2.24, 2.45) is 0 Å². The van der Waals surface area contributed by atoms with Gasteiger partial charge in [0.15, 0.2) is 11.6 Å². The molecular formula is C22H19N7O. The highest BCUT2D eigenvalue weighted by Gasteiger charge is 2.18. The lowest BCUT2D eigenvalue weighted by Gasteiger charge is -2.10. The molecule has 0 saturated heterocycles. The molecule has 3 aromatic heterocycles. The van der Waals surface area contributed by atoms with Gasteiger partial charge in [-0.25, -0.2) is 19.9 Å². The Morgan fingerprint density at radius 2 is 1.80 bits per heavy atom. The van der Waals surface area contributed by atoms with E-state index >= 15 is 0 Å². The number of nitrogens with two attached hydrogens (primary N) is 2. The van der Waals surface area contributed by atoms with Crippen LogP contribution in [0.1, 0.15) is 21.9 Å². The molecule has 4 N–H and O–H groups in total. The average molecular weight is 397 g/mol. The maximum absolute atomic E-state index is 13.1. The number of pyridine rings is 1. The number of carbonyl (C=O) groups excluding carboxylic acids is 1. The molecule has 0 radical (unpaired) electrons. The number of nitrogen functional groups attached to an aromatic ring is 2. The topological polar surface area (TPSA) is 134 Å². The van der Waals surface area contributed by atoms with Gasteiger partial charge in [-0.1, -0.05) is 30.3 Å². The molecule has 0 unspecified atom stereocenters. The predicted octanol–water partition coefficient (Wildman–Crippen LogP) is 2.89. The number of aromatic nitrogens is 5. The van der Waals surface area contributed by atoms with Gasteiger partial charge in [-0.2, -0.15) is 0 Å². The molecule has 4 aromatic rings. The molecular weight excluding hydrogens is 378 g/mol. The van der Waals surface area contributed by atoms with Gasteiger partial charge in [0.1, 0.15) is 17.3 Å². The summed E-state index contributed by atoms with van der Waals surface area (Å²) in [7, 11) is 0. The molecule has 0 amide bonds. The van der Waals surface area contributed by atoms with Crippen LogP contribution in [0.5, 0.6) is 0 Å². The minimum Gasteiger partial charge on any atom is -0.396 e. The highest BCUT2D eigenvalue weighted by molar-refractivity contribution is 6.01. The summed E-state index contributed by atoms with van der Waals surface area (Å²) >= 11 is 0. The molecule has 148 valence electrons. The van der Waals surface area contributed by atoms with Gasteiger partial charge < -0.3 is 11.5 Å². The fourth-order valence-corrected chi connectivity index (χ4v) is 3.14. The first-order valence-corrected chi connectivity index (χ1v) is 9.27. The molecule has 30 heavy (non-hydrogen) atoms. The second-order valence-electron chi connectivity index (χ2n) is 6.72. The van der Waals surface area contributed by atoms with E-state index in [9.17, 15) is 4.79 Å². The average Bonchev–Trinajstić information content (AvgIpc) is 2.74. The summed E-state index contributed by atoms with van der Waals surface area (Å²) in [6.45, 7) is 1.76. The van der Waals surface area contributed by atoms with Crippen molar-refractivity contribution < 1.29 is 4.79 Å². The number of nitrogens with zero attached hydrogens (tertiary/aromatic N) is 5.